The van der Waals surface area contributed by atoms with E-state index in [0.717, 1.165) is 0 Å². The molecule has 120 valence electrons. The lowest BCUT2D eigenvalue weighted by Crippen LogP contribution is -2.35. The second-order valence-electron chi connectivity index (χ2n) is 4.98. The SMILES string of the molecule is COc1ccc(C(=O)C(CC(=O)O)CN(C)CC(=O)O)cc1. The van der Waals surface area contributed by atoms with Gasteiger partial charge in [0.05, 0.1) is 20.1 Å². The number of hydrogen-bond acceptors (Lipinski definition) is 5. The van der Waals surface area contributed by atoms with Crippen LogP contribution in [0, 0.1) is 5.92 Å². The van der Waals surface area contributed by atoms with Gasteiger partial charge in [0.2, 0.25) is 0 Å². The van der Waals surface area contributed by atoms with E-state index >= 15 is 0 Å². The van der Waals surface area contributed by atoms with Gasteiger partial charge in [-0.05, 0) is 31.3 Å². The van der Waals surface area contributed by atoms with Gasteiger partial charge in [-0.3, -0.25) is 19.3 Å². The molecule has 2 N–H and O–H groups in total. The Morgan fingerprint density at radius 3 is 2.18 bits per heavy atom. The van der Waals surface area contributed by atoms with Crippen LogP contribution in [0.2, 0.25) is 0 Å². The van der Waals surface area contributed by atoms with Crippen LogP contribution in [0.25, 0.3) is 0 Å². The van der Waals surface area contributed by atoms with Crippen LogP contribution in [-0.4, -0.2) is 60.1 Å². The highest BCUT2D eigenvalue weighted by Gasteiger charge is 2.25. The number of carbonyl (C=O) groups is 3. The average molecular weight is 309 g/mol. The molecular formula is C15H19NO6. The summed E-state index contributed by atoms with van der Waals surface area (Å²) in [5.41, 5.74) is 0.371. The molecule has 0 aromatic heterocycles. The summed E-state index contributed by atoms with van der Waals surface area (Å²) >= 11 is 0. The minimum atomic E-state index is -1.10. The van der Waals surface area contributed by atoms with Gasteiger partial charge in [-0.1, -0.05) is 0 Å². The van der Waals surface area contributed by atoms with Crippen LogP contribution in [0.1, 0.15) is 16.8 Å². The molecule has 1 unspecified atom stereocenters. The molecule has 0 spiro atoms. The van der Waals surface area contributed by atoms with Gasteiger partial charge >= 0.3 is 11.9 Å². The molecular weight excluding hydrogens is 290 g/mol. The Labute approximate surface area is 128 Å². The van der Waals surface area contributed by atoms with Gasteiger partial charge in [0.1, 0.15) is 5.75 Å². The second kappa shape index (κ2) is 8.14. The monoisotopic (exact) mass is 309 g/mol. The molecule has 1 rings (SSSR count). The van der Waals surface area contributed by atoms with E-state index in [1.807, 2.05) is 0 Å². The van der Waals surface area contributed by atoms with E-state index in [1.54, 1.807) is 24.3 Å². The van der Waals surface area contributed by atoms with Gasteiger partial charge in [-0.25, -0.2) is 0 Å². The number of carboxylic acids is 2. The minimum Gasteiger partial charge on any atom is -0.497 e. The van der Waals surface area contributed by atoms with E-state index in [0.29, 0.717) is 11.3 Å². The Hall–Kier alpha value is -2.41. The molecule has 1 atom stereocenters. The van der Waals surface area contributed by atoms with E-state index < -0.39 is 17.9 Å². The van der Waals surface area contributed by atoms with E-state index in [9.17, 15) is 14.4 Å². The fourth-order valence-electron chi connectivity index (χ4n) is 2.11. The zero-order valence-electron chi connectivity index (χ0n) is 12.5. The molecule has 0 aliphatic carbocycles. The van der Waals surface area contributed by atoms with Gasteiger partial charge in [0.25, 0.3) is 0 Å². The number of carboxylic acid groups (broad SMARTS) is 2. The lowest BCUT2D eigenvalue weighted by molar-refractivity contribution is -0.138. The number of methoxy groups -OCH3 is 1. The number of Topliss-reactive ketones (excluding diaryl/α,β-unsaturated/α-hetero) is 1. The van der Waals surface area contributed by atoms with E-state index in [-0.39, 0.29) is 25.3 Å². The third-order valence-electron chi connectivity index (χ3n) is 3.10. The maximum atomic E-state index is 12.4. The Morgan fingerprint density at radius 2 is 1.73 bits per heavy atom. The lowest BCUT2D eigenvalue weighted by Gasteiger charge is -2.20. The molecule has 0 heterocycles. The van der Waals surface area contributed by atoms with Gasteiger partial charge < -0.3 is 14.9 Å². The number of benzene rings is 1. The maximum Gasteiger partial charge on any atom is 0.317 e. The van der Waals surface area contributed by atoms with Gasteiger partial charge in [-0.15, -0.1) is 0 Å². The predicted molar refractivity (Wildman–Crippen MR) is 78.2 cm³/mol. The zero-order valence-corrected chi connectivity index (χ0v) is 12.5. The predicted octanol–water partition coefficient (Wildman–Crippen LogP) is 0.985. The first-order chi connectivity index (χ1) is 10.3. The van der Waals surface area contributed by atoms with Crippen molar-refractivity contribution in [1.29, 1.82) is 0 Å². The average Bonchev–Trinajstić information content (AvgIpc) is 2.44. The summed E-state index contributed by atoms with van der Waals surface area (Å²) < 4.78 is 5.00. The largest absolute Gasteiger partial charge is 0.497 e. The standard InChI is InChI=1S/C15H19NO6/c1-16(9-14(19)20)8-11(7-13(17)18)15(21)10-3-5-12(22-2)6-4-10/h3-6,11H,7-9H2,1-2H3,(H,17,18)(H,19,20). The van der Waals surface area contributed by atoms with Gasteiger partial charge in [0.15, 0.2) is 5.78 Å². The van der Waals surface area contributed by atoms with Crippen molar-refractivity contribution in [2.45, 2.75) is 6.42 Å². The highest BCUT2D eigenvalue weighted by Crippen LogP contribution is 2.17. The summed E-state index contributed by atoms with van der Waals surface area (Å²) in [6, 6.07) is 6.36. The number of ketones is 1. The van der Waals surface area contributed by atoms with Crippen molar-refractivity contribution < 1.29 is 29.3 Å². The molecule has 0 radical (unpaired) electrons. The first-order valence-electron chi connectivity index (χ1n) is 6.64. The maximum absolute atomic E-state index is 12.4. The van der Waals surface area contributed by atoms with Gasteiger partial charge in [-0.2, -0.15) is 0 Å². The first-order valence-corrected chi connectivity index (χ1v) is 6.64. The molecule has 1 aromatic carbocycles. The number of aliphatic carboxylic acids is 2. The highest BCUT2D eigenvalue weighted by molar-refractivity contribution is 5.99. The zero-order chi connectivity index (χ0) is 16.7. The number of rotatable bonds is 9. The number of carbonyl (C=O) groups excluding carboxylic acids is 1. The third-order valence-corrected chi connectivity index (χ3v) is 3.10. The molecule has 0 saturated heterocycles. The molecule has 1 aromatic rings. The van der Waals surface area contributed by atoms with Crippen LogP contribution in [-0.2, 0) is 9.59 Å². The smallest absolute Gasteiger partial charge is 0.317 e. The molecule has 0 fully saturated rings. The topological polar surface area (TPSA) is 104 Å². The minimum absolute atomic E-state index is 0.0590. The van der Waals surface area contributed by atoms with Crippen LogP contribution >= 0.6 is 0 Å². The van der Waals surface area contributed by atoms with Crippen LogP contribution in [0.3, 0.4) is 0 Å². The van der Waals surface area contributed by atoms with E-state index in [2.05, 4.69) is 0 Å². The summed E-state index contributed by atoms with van der Waals surface area (Å²) in [6.07, 6.45) is -0.352. The number of likely N-dealkylation sites (N-methyl/N-ethyl adjacent to an activating group) is 1. The number of ether oxygens (including phenoxy) is 1. The van der Waals surface area contributed by atoms with Crippen molar-refractivity contribution in [3.63, 3.8) is 0 Å². The summed E-state index contributed by atoms with van der Waals surface area (Å²) in [7, 11) is 3.04. The summed E-state index contributed by atoms with van der Waals surface area (Å²) in [5, 5.41) is 17.7. The van der Waals surface area contributed by atoms with Crippen molar-refractivity contribution in [2.24, 2.45) is 5.92 Å². The lowest BCUT2D eigenvalue weighted by atomic mass is 9.94. The molecule has 0 amide bonds. The number of hydrogen-bond donors (Lipinski definition) is 2. The third kappa shape index (κ3) is 5.53. The first kappa shape index (κ1) is 17.6. The normalized spacial score (nSPS) is 12.0. The fourth-order valence-corrected chi connectivity index (χ4v) is 2.11. The Kier molecular flexibility index (Phi) is 6.52. The van der Waals surface area contributed by atoms with Crippen molar-refractivity contribution in [3.05, 3.63) is 29.8 Å². The molecule has 0 aliphatic rings. The van der Waals surface area contributed by atoms with Crippen LogP contribution in [0.15, 0.2) is 24.3 Å². The number of nitrogens with zero attached hydrogens (tertiary/aromatic N) is 1. The quantitative estimate of drug-likeness (QED) is 0.655. The molecule has 7 nitrogen and oxygen atoms in total. The molecule has 0 aliphatic heterocycles. The van der Waals surface area contributed by atoms with E-state index in [4.69, 9.17) is 14.9 Å². The van der Waals surface area contributed by atoms with Crippen molar-refractivity contribution in [1.82, 2.24) is 4.90 Å². The van der Waals surface area contributed by atoms with Crippen molar-refractivity contribution in [2.75, 3.05) is 27.2 Å². The summed E-state index contributed by atoms with van der Waals surface area (Å²) in [6.45, 7) is -0.199. The molecule has 0 saturated carbocycles. The molecule has 0 bridgehead atoms. The highest BCUT2D eigenvalue weighted by atomic mass is 16.5. The van der Waals surface area contributed by atoms with Gasteiger partial charge in [0, 0.05) is 18.0 Å². The second-order valence-corrected chi connectivity index (χ2v) is 4.98. The van der Waals surface area contributed by atoms with E-state index in [1.165, 1.54) is 19.1 Å². The summed E-state index contributed by atoms with van der Waals surface area (Å²) in [5.74, 6) is -2.68. The van der Waals surface area contributed by atoms with Crippen LogP contribution in [0.4, 0.5) is 0 Å². The molecule has 22 heavy (non-hydrogen) atoms. The van der Waals surface area contributed by atoms with Crippen molar-refractivity contribution >= 4 is 17.7 Å². The Morgan fingerprint density at radius 1 is 1.14 bits per heavy atom. The molecule has 7 heteroatoms. The van der Waals surface area contributed by atoms with Crippen molar-refractivity contribution in [3.8, 4) is 5.75 Å². The van der Waals surface area contributed by atoms with Crippen LogP contribution in [0.5, 0.6) is 5.75 Å². The van der Waals surface area contributed by atoms with Crippen LogP contribution < -0.4 is 4.74 Å². The fraction of sp³-hybridized carbons (Fsp3) is 0.400. The summed E-state index contributed by atoms with van der Waals surface area (Å²) in [4.78, 5) is 35.4. The Balaban J connectivity index is 2.86. The Bertz CT molecular complexity index is 539.